The van der Waals surface area contributed by atoms with Crippen LogP contribution in [0.25, 0.3) is 0 Å². The topological polar surface area (TPSA) is 272 Å². The number of hydrogen-bond donors (Lipinski definition) is 0. The van der Waals surface area contributed by atoms with E-state index in [0.717, 1.165) is 0 Å². The van der Waals surface area contributed by atoms with Crippen LogP contribution in [0.4, 0.5) is 0 Å². The number of aliphatic carboxylic acids is 6. The van der Waals surface area contributed by atoms with Crippen molar-refractivity contribution in [1.82, 2.24) is 0 Å². The van der Waals surface area contributed by atoms with Gasteiger partial charge in [0.25, 0.3) is 0 Å². The molecule has 0 aromatic heterocycles. The Hall–Kier alpha value is -0.649. The van der Waals surface area contributed by atoms with Gasteiger partial charge in [0, 0.05) is 0 Å². The van der Waals surface area contributed by atoms with Crippen LogP contribution in [-0.2, 0) is 28.8 Å². The van der Waals surface area contributed by atoms with Crippen molar-refractivity contribution in [3.8, 4) is 0 Å². The van der Waals surface area contributed by atoms with Gasteiger partial charge >= 0.3 is 77.2 Å². The summed E-state index contributed by atoms with van der Waals surface area (Å²) in [5.41, 5.74) is 0. The van der Waals surface area contributed by atoms with Crippen molar-refractivity contribution in [1.29, 1.82) is 0 Å². The van der Waals surface area contributed by atoms with Crippen LogP contribution in [-0.4, -0.2) is 41.3 Å². The van der Waals surface area contributed by atoms with Crippen molar-refractivity contribution >= 4 is 35.8 Å². The SMILES string of the molecule is O.O=C([O-])C(=O)[O-].O=C([O-])C(=O)[O-].O=C([O-])C(=O)[O-].[Tb+3].[Tb+3]. The van der Waals surface area contributed by atoms with Crippen LogP contribution in [0, 0.1) is 77.2 Å². The van der Waals surface area contributed by atoms with E-state index >= 15 is 0 Å². The molecule has 0 bridgehead atoms. The van der Waals surface area contributed by atoms with Gasteiger partial charge in [-0.25, -0.2) is 0 Å². The van der Waals surface area contributed by atoms with E-state index in [9.17, 15) is 0 Å². The Morgan fingerprint density at radius 3 is 0.429 bits per heavy atom. The van der Waals surface area contributed by atoms with Crippen LogP contribution >= 0.6 is 0 Å². The van der Waals surface area contributed by atoms with Gasteiger partial charge in [-0.15, -0.1) is 0 Å². The molecule has 13 nitrogen and oxygen atoms in total. The van der Waals surface area contributed by atoms with Gasteiger partial charge in [-0.2, -0.15) is 0 Å². The summed E-state index contributed by atoms with van der Waals surface area (Å²) in [6.07, 6.45) is 0. The summed E-state index contributed by atoms with van der Waals surface area (Å²) < 4.78 is 0. The van der Waals surface area contributed by atoms with E-state index in [4.69, 9.17) is 59.4 Å². The Morgan fingerprint density at radius 2 is 0.429 bits per heavy atom. The van der Waals surface area contributed by atoms with Gasteiger partial charge < -0.3 is 64.9 Å². The minimum atomic E-state index is -2.19. The molecule has 0 aromatic carbocycles. The molecule has 0 aliphatic heterocycles. The molecule has 0 saturated carbocycles. The molecule has 0 amide bonds. The quantitative estimate of drug-likeness (QED) is 0.235. The summed E-state index contributed by atoms with van der Waals surface area (Å²) in [6.45, 7) is 0. The van der Waals surface area contributed by atoms with E-state index in [-0.39, 0.29) is 82.7 Å². The predicted octanol–water partition coefficient (Wildman–Crippen LogP) is -11.4. The molecule has 0 fully saturated rings. The summed E-state index contributed by atoms with van der Waals surface area (Å²) in [7, 11) is 0. The molecule has 0 atom stereocenters. The van der Waals surface area contributed by atoms with Crippen molar-refractivity contribution in [3.63, 3.8) is 0 Å². The molecular formula is C6H2O13Tb2. The summed E-state index contributed by atoms with van der Waals surface area (Å²) >= 11 is 0. The number of carbonyl (C=O) groups excluding carboxylic acids is 6. The molecule has 0 aliphatic rings. The Labute approximate surface area is 176 Å². The maximum Gasteiger partial charge on any atom is 3.00 e. The van der Waals surface area contributed by atoms with E-state index in [2.05, 4.69) is 0 Å². The van der Waals surface area contributed by atoms with Crippen molar-refractivity contribution < 1.29 is 142 Å². The van der Waals surface area contributed by atoms with Gasteiger partial charge in [0.15, 0.2) is 0 Å². The Bertz CT molecular complexity index is 282. The van der Waals surface area contributed by atoms with Crippen molar-refractivity contribution in [2.75, 3.05) is 0 Å². The number of carbonyl (C=O) groups is 6. The number of rotatable bonds is 0. The maximum atomic E-state index is 8.93. The average molecular weight is 600 g/mol. The van der Waals surface area contributed by atoms with Gasteiger partial charge in [-0.05, 0) is 0 Å². The van der Waals surface area contributed by atoms with E-state index in [0.29, 0.717) is 0 Å². The van der Waals surface area contributed by atoms with Gasteiger partial charge in [-0.1, -0.05) is 0 Å². The predicted molar refractivity (Wildman–Crippen MR) is 33.7 cm³/mol. The molecule has 0 radical (unpaired) electrons. The average Bonchev–Trinajstić information content (AvgIpc) is 2.18. The van der Waals surface area contributed by atoms with Gasteiger partial charge in [0.05, 0.1) is 35.8 Å². The molecule has 2 N–H and O–H groups in total. The monoisotopic (exact) mass is 600 g/mol. The maximum absolute atomic E-state index is 8.93. The number of carboxylic acid groups (broad SMARTS) is 6. The summed E-state index contributed by atoms with van der Waals surface area (Å²) in [4.78, 5) is 53.6. The second-order valence-corrected chi connectivity index (χ2v) is 1.72. The molecule has 122 valence electrons. The molecule has 21 heavy (non-hydrogen) atoms. The zero-order valence-electron chi connectivity index (χ0n) is 9.07. The Balaban J connectivity index is -0.0000000375. The fourth-order valence-electron chi connectivity index (χ4n) is 0. The van der Waals surface area contributed by atoms with E-state index in [1.165, 1.54) is 0 Å². The second kappa shape index (κ2) is 21.6. The molecule has 0 rings (SSSR count). The minimum Gasteiger partial charge on any atom is -0.543 e. The molecule has 0 saturated heterocycles. The minimum absolute atomic E-state index is 0. The molecule has 0 unspecified atom stereocenters. The van der Waals surface area contributed by atoms with E-state index in [1.54, 1.807) is 0 Å². The molecule has 0 aliphatic carbocycles. The largest absolute Gasteiger partial charge is 3.00 e. The van der Waals surface area contributed by atoms with Crippen LogP contribution in [0.1, 0.15) is 0 Å². The van der Waals surface area contributed by atoms with E-state index < -0.39 is 35.8 Å². The molecule has 15 heteroatoms. The summed E-state index contributed by atoms with van der Waals surface area (Å²) in [5, 5.41) is 53.6. The number of hydrogen-bond acceptors (Lipinski definition) is 12. The number of carboxylic acids is 6. The zero-order valence-corrected chi connectivity index (χ0v) is 13.3. The molecular weight excluding hydrogens is 598 g/mol. The first-order valence-corrected chi connectivity index (χ1v) is 3.20. The molecule has 0 heterocycles. The van der Waals surface area contributed by atoms with Crippen LogP contribution in [0.5, 0.6) is 0 Å². The third-order valence-electron chi connectivity index (χ3n) is 0.500. The fourth-order valence-corrected chi connectivity index (χ4v) is 0. The third-order valence-corrected chi connectivity index (χ3v) is 0.500. The first-order valence-electron chi connectivity index (χ1n) is 3.20. The van der Waals surface area contributed by atoms with Gasteiger partial charge in [0.2, 0.25) is 0 Å². The van der Waals surface area contributed by atoms with Crippen molar-refractivity contribution in [2.45, 2.75) is 0 Å². The van der Waals surface area contributed by atoms with Crippen LogP contribution in [0.3, 0.4) is 0 Å². The van der Waals surface area contributed by atoms with Crippen LogP contribution in [0.2, 0.25) is 0 Å². The van der Waals surface area contributed by atoms with E-state index in [1.807, 2.05) is 0 Å². The first kappa shape index (κ1) is 37.0. The molecule has 0 spiro atoms. The van der Waals surface area contributed by atoms with Gasteiger partial charge in [0.1, 0.15) is 0 Å². The first-order chi connectivity index (χ1) is 7.93. The van der Waals surface area contributed by atoms with Crippen LogP contribution < -0.4 is 30.6 Å². The fraction of sp³-hybridized carbons (Fsp3) is 0. The standard InChI is InChI=1S/3C2H2O4.H2O.2Tb/c3*3-1(4)2(5)6;;;/h3*(H,3,4)(H,5,6);1H2;;/q;;;;2*+3/p-6. The zero-order chi connectivity index (χ0) is 15.5. The van der Waals surface area contributed by atoms with Crippen LogP contribution in [0.15, 0.2) is 0 Å². The van der Waals surface area contributed by atoms with Crippen molar-refractivity contribution in [2.24, 2.45) is 0 Å². The summed E-state index contributed by atoms with van der Waals surface area (Å²) in [5.74, 6) is -13.1. The smallest absolute Gasteiger partial charge is 0.543 e. The second-order valence-electron chi connectivity index (χ2n) is 1.72. The van der Waals surface area contributed by atoms with Crippen molar-refractivity contribution in [3.05, 3.63) is 0 Å². The normalized spacial score (nSPS) is 6.29. The summed E-state index contributed by atoms with van der Waals surface area (Å²) in [6, 6.07) is 0. The Kier molecular flexibility index (Phi) is 38.1. The Morgan fingerprint density at radius 1 is 0.381 bits per heavy atom. The van der Waals surface area contributed by atoms with Gasteiger partial charge in [-0.3, -0.25) is 0 Å². The third kappa shape index (κ3) is 45.2. The molecule has 0 aromatic rings.